The van der Waals surface area contributed by atoms with E-state index in [1.54, 1.807) is 23.2 Å². The molecule has 43 valence electrons. The van der Waals surface area contributed by atoms with E-state index < -0.39 is 0 Å². The molecule has 0 unspecified atom stereocenters. The summed E-state index contributed by atoms with van der Waals surface area (Å²) < 4.78 is 1.67. The van der Waals surface area contributed by atoms with Gasteiger partial charge >= 0.3 is 0 Å². The third-order valence-corrected chi connectivity index (χ3v) is 1.14. The lowest BCUT2D eigenvalue weighted by Gasteiger charge is -1.85. The molecule has 0 aromatic carbocycles. The minimum atomic E-state index is 0.949. The molecule has 0 spiro atoms. The monoisotopic (exact) mass is 118 g/mol. The van der Waals surface area contributed by atoms with Crippen molar-refractivity contribution in [3.05, 3.63) is 30.9 Å². The molecule has 0 bridgehead atoms. The van der Waals surface area contributed by atoms with Crippen LogP contribution < -0.4 is 0 Å². The summed E-state index contributed by atoms with van der Waals surface area (Å²) in [7, 11) is 0. The van der Waals surface area contributed by atoms with Gasteiger partial charge in [-0.25, -0.2) is 9.50 Å². The lowest BCUT2D eigenvalue weighted by molar-refractivity contribution is 0.921. The van der Waals surface area contributed by atoms with Gasteiger partial charge in [-0.3, -0.25) is 0 Å². The van der Waals surface area contributed by atoms with Crippen LogP contribution in [0.1, 0.15) is 0 Å². The molecule has 0 amide bonds. The maximum Gasteiger partial charge on any atom is 0.117 e. The van der Waals surface area contributed by atoms with Gasteiger partial charge in [0, 0.05) is 12.3 Å². The average Bonchev–Trinajstić information content (AvgIpc) is 2.33. The Morgan fingerprint density at radius 1 is 1.56 bits per heavy atom. The Labute approximate surface area is 52.0 Å². The Hall–Kier alpha value is -1.38. The van der Waals surface area contributed by atoms with Crippen LogP contribution in [0.4, 0.5) is 0 Å². The molecule has 0 aliphatic carbocycles. The summed E-state index contributed by atoms with van der Waals surface area (Å²) >= 11 is 0. The molecule has 2 aromatic heterocycles. The molecule has 2 heterocycles. The van der Waals surface area contributed by atoms with Crippen molar-refractivity contribution >= 4 is 5.52 Å². The zero-order valence-electron chi connectivity index (χ0n) is 4.65. The van der Waals surface area contributed by atoms with Crippen molar-refractivity contribution in [3.63, 3.8) is 0 Å². The molecule has 0 atom stereocenters. The SMILES string of the molecule is [c]1cnn2cnccc12. The summed E-state index contributed by atoms with van der Waals surface area (Å²) in [5.41, 5.74) is 0.949. The predicted molar refractivity (Wildman–Crippen MR) is 31.8 cm³/mol. The van der Waals surface area contributed by atoms with E-state index in [4.69, 9.17) is 0 Å². The topological polar surface area (TPSA) is 30.2 Å². The molecule has 0 saturated heterocycles. The van der Waals surface area contributed by atoms with E-state index in [0.29, 0.717) is 0 Å². The van der Waals surface area contributed by atoms with Crippen LogP contribution in [-0.4, -0.2) is 14.6 Å². The van der Waals surface area contributed by atoms with E-state index in [1.807, 2.05) is 6.07 Å². The highest BCUT2D eigenvalue weighted by Gasteiger charge is 1.87. The molecule has 0 fully saturated rings. The van der Waals surface area contributed by atoms with E-state index in [-0.39, 0.29) is 0 Å². The van der Waals surface area contributed by atoms with Gasteiger partial charge in [-0.05, 0) is 6.07 Å². The van der Waals surface area contributed by atoms with Crippen molar-refractivity contribution in [1.82, 2.24) is 14.6 Å². The Kier molecular flexibility index (Phi) is 0.773. The molecule has 0 saturated carbocycles. The Balaban J connectivity index is 2.95. The first-order chi connectivity index (χ1) is 4.47. The Morgan fingerprint density at radius 3 is 3.44 bits per heavy atom. The van der Waals surface area contributed by atoms with Crippen molar-refractivity contribution in [2.45, 2.75) is 0 Å². The molecule has 2 rings (SSSR count). The van der Waals surface area contributed by atoms with E-state index in [9.17, 15) is 0 Å². The van der Waals surface area contributed by atoms with Gasteiger partial charge in [0.05, 0.1) is 11.7 Å². The second-order valence-corrected chi connectivity index (χ2v) is 1.70. The van der Waals surface area contributed by atoms with Crippen LogP contribution in [0.15, 0.2) is 24.8 Å². The summed E-state index contributed by atoms with van der Waals surface area (Å²) in [5, 5.41) is 3.92. The van der Waals surface area contributed by atoms with Gasteiger partial charge < -0.3 is 0 Å². The third kappa shape index (κ3) is 0.579. The number of hydrogen-bond acceptors (Lipinski definition) is 2. The Bertz CT molecular complexity index is 282. The van der Waals surface area contributed by atoms with Crippen molar-refractivity contribution < 1.29 is 0 Å². The quantitative estimate of drug-likeness (QED) is 0.505. The number of aromatic nitrogens is 3. The number of fused-ring (bicyclic) bond motifs is 1. The lowest BCUT2D eigenvalue weighted by Crippen LogP contribution is -1.85. The van der Waals surface area contributed by atoms with Crippen LogP contribution in [0.25, 0.3) is 5.52 Å². The first-order valence-electron chi connectivity index (χ1n) is 2.62. The fourth-order valence-electron chi connectivity index (χ4n) is 0.717. The first-order valence-corrected chi connectivity index (χ1v) is 2.62. The van der Waals surface area contributed by atoms with Crippen molar-refractivity contribution in [3.8, 4) is 0 Å². The fraction of sp³-hybridized carbons (Fsp3) is 0. The molecular formula is C6H4N3. The molecular weight excluding hydrogens is 114 g/mol. The molecule has 0 N–H and O–H groups in total. The molecule has 2 aromatic rings. The van der Waals surface area contributed by atoms with Crippen LogP contribution in [0, 0.1) is 6.07 Å². The highest BCUT2D eigenvalue weighted by atomic mass is 15.2. The van der Waals surface area contributed by atoms with Crippen LogP contribution in [-0.2, 0) is 0 Å². The zero-order valence-corrected chi connectivity index (χ0v) is 4.65. The summed E-state index contributed by atoms with van der Waals surface area (Å²) in [6.45, 7) is 0. The number of rotatable bonds is 0. The second kappa shape index (κ2) is 1.55. The minimum absolute atomic E-state index is 0.949. The van der Waals surface area contributed by atoms with Gasteiger partial charge in [0.1, 0.15) is 6.33 Å². The van der Waals surface area contributed by atoms with Gasteiger partial charge in [0.2, 0.25) is 0 Å². The van der Waals surface area contributed by atoms with Gasteiger partial charge in [0.15, 0.2) is 0 Å². The number of hydrogen-bond donors (Lipinski definition) is 0. The molecule has 0 aliphatic rings. The summed E-state index contributed by atoms with van der Waals surface area (Å²) in [4.78, 5) is 3.87. The largest absolute Gasteiger partial charge is 0.245 e. The van der Waals surface area contributed by atoms with Crippen LogP contribution in [0.3, 0.4) is 0 Å². The first kappa shape index (κ1) is 4.49. The maximum atomic E-state index is 3.92. The second-order valence-electron chi connectivity index (χ2n) is 1.70. The standard InChI is InChI=1S/C6H4N3/c1-3-7-5-9-6(1)2-4-8-9/h1,3-5H. The summed E-state index contributed by atoms with van der Waals surface area (Å²) in [5.74, 6) is 0. The predicted octanol–water partition coefficient (Wildman–Crippen LogP) is 0.529. The van der Waals surface area contributed by atoms with Gasteiger partial charge in [-0.1, -0.05) is 0 Å². The van der Waals surface area contributed by atoms with Gasteiger partial charge in [0.25, 0.3) is 0 Å². The smallest absolute Gasteiger partial charge is 0.117 e. The van der Waals surface area contributed by atoms with Crippen molar-refractivity contribution in [2.75, 3.05) is 0 Å². The third-order valence-electron chi connectivity index (χ3n) is 1.14. The van der Waals surface area contributed by atoms with E-state index in [1.165, 1.54) is 0 Å². The highest BCUT2D eigenvalue weighted by Crippen LogP contribution is 1.94. The van der Waals surface area contributed by atoms with Crippen molar-refractivity contribution in [1.29, 1.82) is 0 Å². The minimum Gasteiger partial charge on any atom is -0.245 e. The van der Waals surface area contributed by atoms with Gasteiger partial charge in [-0.2, -0.15) is 5.10 Å². The molecule has 1 radical (unpaired) electrons. The van der Waals surface area contributed by atoms with Crippen LogP contribution in [0.2, 0.25) is 0 Å². The fourth-order valence-corrected chi connectivity index (χ4v) is 0.717. The molecule has 3 heteroatoms. The van der Waals surface area contributed by atoms with Crippen LogP contribution >= 0.6 is 0 Å². The summed E-state index contributed by atoms with van der Waals surface area (Å²) in [6.07, 6.45) is 4.98. The van der Waals surface area contributed by atoms with Gasteiger partial charge in [-0.15, -0.1) is 0 Å². The van der Waals surface area contributed by atoms with E-state index in [2.05, 4.69) is 16.1 Å². The van der Waals surface area contributed by atoms with E-state index >= 15 is 0 Å². The van der Waals surface area contributed by atoms with Crippen LogP contribution in [0.5, 0.6) is 0 Å². The Morgan fingerprint density at radius 2 is 2.56 bits per heavy atom. The average molecular weight is 118 g/mol. The normalized spacial score (nSPS) is 10.2. The molecule has 3 nitrogen and oxygen atoms in total. The lowest BCUT2D eigenvalue weighted by atomic mass is 10.5. The summed E-state index contributed by atoms with van der Waals surface area (Å²) in [6, 6.07) is 4.79. The zero-order chi connectivity index (χ0) is 6.10. The molecule has 0 aliphatic heterocycles. The van der Waals surface area contributed by atoms with Crippen molar-refractivity contribution in [2.24, 2.45) is 0 Å². The van der Waals surface area contributed by atoms with E-state index in [0.717, 1.165) is 5.52 Å². The number of nitrogens with zero attached hydrogens (tertiary/aromatic N) is 3. The maximum absolute atomic E-state index is 3.92. The highest BCUT2D eigenvalue weighted by molar-refractivity contribution is 5.41. The molecule has 9 heavy (non-hydrogen) atoms.